The van der Waals surface area contributed by atoms with Gasteiger partial charge in [0.25, 0.3) is 0 Å². The van der Waals surface area contributed by atoms with Crippen molar-refractivity contribution in [3.8, 4) is 0 Å². The number of halogens is 1. The van der Waals surface area contributed by atoms with Crippen LogP contribution in [-0.4, -0.2) is 91.2 Å². The van der Waals surface area contributed by atoms with Gasteiger partial charge in [-0.2, -0.15) is 0 Å². The molecule has 6 aliphatic rings. The number of hydrogen-bond acceptors (Lipinski definition) is 5. The second-order valence-electron chi connectivity index (χ2n) is 14.7. The maximum Gasteiger partial charge on any atom is 0.302 e. The van der Waals surface area contributed by atoms with Gasteiger partial charge < -0.3 is 36.0 Å². The van der Waals surface area contributed by atoms with E-state index in [4.69, 9.17) is 9.47 Å². The van der Waals surface area contributed by atoms with Crippen LogP contribution < -0.4 is 17.0 Å². The second kappa shape index (κ2) is 10.9. The summed E-state index contributed by atoms with van der Waals surface area (Å²) in [5.74, 6) is 2.60. The van der Waals surface area contributed by atoms with Crippen LogP contribution >= 0.6 is 0 Å². The van der Waals surface area contributed by atoms with Crippen LogP contribution in [0.1, 0.15) is 85.0 Å². The number of quaternary nitrogens is 1. The predicted molar refractivity (Wildman–Crippen MR) is 144 cm³/mol. The summed E-state index contributed by atoms with van der Waals surface area (Å²) in [6.07, 6.45) is 12.2. The summed E-state index contributed by atoms with van der Waals surface area (Å²) < 4.78 is 12.8. The average molecular weight is 598 g/mol. The molecule has 4 saturated carbocycles. The highest BCUT2D eigenvalue weighted by molar-refractivity contribution is 5.66. The molecule has 2 aliphatic heterocycles. The van der Waals surface area contributed by atoms with Crippen molar-refractivity contribution in [3.63, 3.8) is 0 Å². The van der Waals surface area contributed by atoms with Crippen molar-refractivity contribution >= 4 is 5.97 Å². The van der Waals surface area contributed by atoms with Crippen LogP contribution in [0, 0.1) is 34.5 Å². The number of aliphatic hydroxyl groups excluding tert-OH is 1. The first-order chi connectivity index (χ1) is 17.7. The molecule has 5 unspecified atom stereocenters. The molecular weight excluding hydrogens is 544 g/mol. The highest BCUT2D eigenvalue weighted by atomic mass is 79.9. The molecular formula is C31H53BrN2O4. The topological polar surface area (TPSA) is 59.0 Å². The summed E-state index contributed by atoms with van der Waals surface area (Å²) in [5.41, 5.74) is 0.364. The Labute approximate surface area is 241 Å². The van der Waals surface area contributed by atoms with Crippen molar-refractivity contribution in [2.24, 2.45) is 34.5 Å². The molecule has 1 N–H and O–H groups in total. The van der Waals surface area contributed by atoms with E-state index in [1.165, 1.54) is 64.5 Å². The van der Waals surface area contributed by atoms with Gasteiger partial charge in [0.05, 0.1) is 33.4 Å². The number of esters is 1. The molecule has 0 aromatic carbocycles. The molecule has 38 heavy (non-hydrogen) atoms. The van der Waals surface area contributed by atoms with Gasteiger partial charge in [-0.25, -0.2) is 0 Å². The van der Waals surface area contributed by atoms with Crippen molar-refractivity contribution in [2.75, 3.05) is 46.4 Å². The molecule has 0 amide bonds. The highest BCUT2D eigenvalue weighted by Crippen LogP contribution is 2.67. The molecule has 0 bridgehead atoms. The van der Waals surface area contributed by atoms with Gasteiger partial charge in [-0.1, -0.05) is 13.8 Å². The monoisotopic (exact) mass is 596 g/mol. The standard InChI is InChI=1S/C31H53N2O4.BrH/c1-21(34)37-28-18-22-8-9-23-24(31(22,3)20-26(28)32-12-16-36-17-13-32)10-11-30(2)25(23)19-27(29(30)35)33(4)14-6-5-7-15-33;/h22-29,35H,5-20H2,1-4H3;1H/q+1;/p-1/t22?,23-,24-,25+,26?,27?,28?,29?,30+,31+;/m1./s1. The molecule has 2 saturated heterocycles. The van der Waals surface area contributed by atoms with E-state index in [0.29, 0.717) is 23.9 Å². The number of morpholine rings is 1. The van der Waals surface area contributed by atoms with Crippen molar-refractivity contribution < 1.29 is 40.8 Å². The first-order valence-electron chi connectivity index (χ1n) is 15.7. The fourth-order valence-electron chi connectivity index (χ4n) is 11.0. The lowest BCUT2D eigenvalue weighted by atomic mass is 9.44. The number of carbonyl (C=O) groups excluding carboxylic acids is 1. The second-order valence-corrected chi connectivity index (χ2v) is 14.7. The van der Waals surface area contributed by atoms with Crippen molar-refractivity contribution in [3.05, 3.63) is 0 Å². The highest BCUT2D eigenvalue weighted by Gasteiger charge is 2.66. The van der Waals surface area contributed by atoms with E-state index in [9.17, 15) is 9.90 Å². The lowest BCUT2D eigenvalue weighted by Gasteiger charge is -2.62. The lowest BCUT2D eigenvalue weighted by Crippen LogP contribution is -3.00. The average Bonchev–Trinajstić information content (AvgIpc) is 3.16. The Morgan fingerprint density at radius 1 is 1.00 bits per heavy atom. The Balaban J connectivity index is 0.00000294. The predicted octanol–water partition coefficient (Wildman–Crippen LogP) is 1.25. The first-order valence-corrected chi connectivity index (χ1v) is 15.7. The summed E-state index contributed by atoms with van der Waals surface area (Å²) in [6.45, 7) is 12.6. The smallest absolute Gasteiger partial charge is 0.302 e. The van der Waals surface area contributed by atoms with Gasteiger partial charge in [-0.05, 0) is 86.9 Å². The largest absolute Gasteiger partial charge is 1.00 e. The lowest BCUT2D eigenvalue weighted by molar-refractivity contribution is -0.940. The molecule has 10 atom stereocenters. The quantitative estimate of drug-likeness (QED) is 0.392. The van der Waals surface area contributed by atoms with Crippen LogP contribution in [0.15, 0.2) is 0 Å². The Morgan fingerprint density at radius 2 is 1.71 bits per heavy atom. The minimum atomic E-state index is -0.159. The molecule has 0 aromatic heterocycles. The van der Waals surface area contributed by atoms with E-state index < -0.39 is 0 Å². The van der Waals surface area contributed by atoms with Crippen LogP contribution in [0.4, 0.5) is 0 Å². The van der Waals surface area contributed by atoms with E-state index >= 15 is 0 Å². The fourth-order valence-corrected chi connectivity index (χ4v) is 11.0. The Hall–Kier alpha value is -0.210. The van der Waals surface area contributed by atoms with Gasteiger partial charge in [0.15, 0.2) is 0 Å². The molecule has 6 nitrogen and oxygen atoms in total. The number of likely N-dealkylation sites (tertiary alicyclic amines) is 1. The SMILES string of the molecule is CC(=O)OC1CC2CC[C@@H]3[C@@H](CC[C@]4(C)C(O)C([N+]5(C)CCCCC5)C[C@@H]34)[C@@]2(C)CC1N1CCOCC1.[Br-]. The Morgan fingerprint density at radius 3 is 2.39 bits per heavy atom. The molecule has 0 aromatic rings. The zero-order valence-corrected chi connectivity index (χ0v) is 26.0. The zero-order valence-electron chi connectivity index (χ0n) is 24.4. The summed E-state index contributed by atoms with van der Waals surface area (Å²) in [5, 5.41) is 11.9. The third-order valence-electron chi connectivity index (χ3n) is 13.1. The first kappa shape index (κ1) is 29.3. The molecule has 7 heteroatoms. The number of likely N-dealkylation sites (N-methyl/N-ethyl adjacent to an activating group) is 1. The number of ether oxygens (including phenoxy) is 2. The third kappa shape index (κ3) is 4.72. The van der Waals surface area contributed by atoms with Crippen LogP contribution in [0.5, 0.6) is 0 Å². The number of rotatable bonds is 3. The van der Waals surface area contributed by atoms with Crippen molar-refractivity contribution in [1.29, 1.82) is 0 Å². The van der Waals surface area contributed by atoms with Crippen LogP contribution in [-0.2, 0) is 14.3 Å². The maximum absolute atomic E-state index is 12.1. The van der Waals surface area contributed by atoms with Gasteiger partial charge >= 0.3 is 5.97 Å². The summed E-state index contributed by atoms with van der Waals surface area (Å²) in [7, 11) is 2.45. The van der Waals surface area contributed by atoms with Crippen LogP contribution in [0.25, 0.3) is 0 Å². The molecule has 4 aliphatic carbocycles. The van der Waals surface area contributed by atoms with Crippen LogP contribution in [0.2, 0.25) is 0 Å². The number of fused-ring (bicyclic) bond motifs is 5. The van der Waals surface area contributed by atoms with E-state index in [2.05, 4.69) is 25.8 Å². The molecule has 6 fully saturated rings. The van der Waals surface area contributed by atoms with Gasteiger partial charge in [-0.3, -0.25) is 9.69 Å². The number of aliphatic hydroxyl groups is 1. The number of carbonyl (C=O) groups is 1. The van der Waals surface area contributed by atoms with Crippen molar-refractivity contribution in [1.82, 2.24) is 4.90 Å². The molecule has 218 valence electrons. The number of nitrogens with zero attached hydrogens (tertiary/aromatic N) is 2. The minimum absolute atomic E-state index is 0. The van der Waals surface area contributed by atoms with E-state index in [0.717, 1.165) is 55.5 Å². The Kier molecular flexibility index (Phi) is 8.39. The minimum Gasteiger partial charge on any atom is -1.00 e. The molecule has 2 heterocycles. The van der Waals surface area contributed by atoms with Gasteiger partial charge in [0.1, 0.15) is 18.2 Å². The third-order valence-corrected chi connectivity index (χ3v) is 13.1. The van der Waals surface area contributed by atoms with Crippen LogP contribution in [0.3, 0.4) is 0 Å². The maximum atomic E-state index is 12.1. The number of hydrogen-bond donors (Lipinski definition) is 1. The van der Waals surface area contributed by atoms with Gasteiger partial charge in [-0.15, -0.1) is 0 Å². The van der Waals surface area contributed by atoms with E-state index in [1.54, 1.807) is 6.92 Å². The van der Waals surface area contributed by atoms with Crippen molar-refractivity contribution in [2.45, 2.75) is 109 Å². The molecule has 0 spiro atoms. The number of piperidine rings is 1. The van der Waals surface area contributed by atoms with Gasteiger partial charge in [0.2, 0.25) is 0 Å². The zero-order chi connectivity index (χ0) is 26.0. The Bertz CT molecular complexity index is 861. The molecule has 6 rings (SSSR count). The summed E-state index contributed by atoms with van der Waals surface area (Å²) >= 11 is 0. The van der Waals surface area contributed by atoms with Gasteiger partial charge in [0, 0.05) is 37.9 Å². The summed E-state index contributed by atoms with van der Waals surface area (Å²) in [6, 6.07) is 0.723. The summed E-state index contributed by atoms with van der Waals surface area (Å²) in [4.78, 5) is 14.7. The fraction of sp³-hybridized carbons (Fsp3) is 0.968. The molecule has 0 radical (unpaired) electrons. The van der Waals surface area contributed by atoms with E-state index in [1.807, 2.05) is 0 Å². The normalized spacial score (nSPS) is 48.7. The van der Waals surface area contributed by atoms with E-state index in [-0.39, 0.29) is 46.0 Å².